The number of halogens is 1. The molecule has 2 aromatic carbocycles. The maximum absolute atomic E-state index is 12.8. The summed E-state index contributed by atoms with van der Waals surface area (Å²) in [5.41, 5.74) is 8.37. The minimum atomic E-state index is -0.258. The molecule has 0 saturated carbocycles. The van der Waals surface area contributed by atoms with E-state index in [-0.39, 0.29) is 30.4 Å². The zero-order chi connectivity index (χ0) is 16.7. The van der Waals surface area contributed by atoms with Crippen molar-refractivity contribution >= 4 is 18.3 Å². The predicted molar refractivity (Wildman–Crippen MR) is 102 cm³/mol. The van der Waals surface area contributed by atoms with Crippen LogP contribution in [-0.2, 0) is 11.3 Å². The molecular weight excluding hydrogens is 320 g/mol. The molecule has 130 valence electrons. The molecular formula is C20H27ClN2O. The second kappa shape index (κ2) is 10.1. The third kappa shape index (κ3) is 5.66. The van der Waals surface area contributed by atoms with Gasteiger partial charge in [0.1, 0.15) is 0 Å². The number of hydrogen-bond donors (Lipinski definition) is 1. The number of nitrogens with zero attached hydrogens (tertiary/aromatic N) is 1. The van der Waals surface area contributed by atoms with Crippen LogP contribution >= 0.6 is 12.4 Å². The van der Waals surface area contributed by atoms with Gasteiger partial charge >= 0.3 is 0 Å². The molecule has 2 N–H and O–H groups in total. The molecule has 0 aromatic heterocycles. The first kappa shape index (κ1) is 20.2. The van der Waals surface area contributed by atoms with Crippen molar-refractivity contribution < 1.29 is 4.79 Å². The van der Waals surface area contributed by atoms with Crippen molar-refractivity contribution in [3.8, 4) is 0 Å². The van der Waals surface area contributed by atoms with E-state index >= 15 is 0 Å². The van der Waals surface area contributed by atoms with Crippen LogP contribution in [0.25, 0.3) is 0 Å². The molecule has 2 aromatic rings. The zero-order valence-corrected chi connectivity index (χ0v) is 15.2. The Balaban J connectivity index is 0.00000288. The highest BCUT2D eigenvalue weighted by molar-refractivity contribution is 5.85. The summed E-state index contributed by atoms with van der Waals surface area (Å²) in [6.45, 7) is 4.83. The van der Waals surface area contributed by atoms with Crippen LogP contribution in [0.2, 0.25) is 0 Å². The third-order valence-corrected chi connectivity index (χ3v) is 4.26. The Morgan fingerprint density at radius 1 is 1.04 bits per heavy atom. The number of carbonyl (C=O) groups is 1. The molecule has 0 aliphatic rings. The Labute approximate surface area is 151 Å². The van der Waals surface area contributed by atoms with Gasteiger partial charge in [0.15, 0.2) is 0 Å². The van der Waals surface area contributed by atoms with Gasteiger partial charge in [0, 0.05) is 25.0 Å². The molecule has 0 saturated heterocycles. The highest BCUT2D eigenvalue weighted by atomic mass is 35.5. The molecule has 0 aliphatic carbocycles. The van der Waals surface area contributed by atoms with Gasteiger partial charge in [-0.3, -0.25) is 4.79 Å². The predicted octanol–water partition coefficient (Wildman–Crippen LogP) is 4.33. The number of nitrogens with two attached hydrogens (primary N) is 1. The van der Waals surface area contributed by atoms with Gasteiger partial charge in [0.25, 0.3) is 0 Å². The average molecular weight is 347 g/mol. The lowest BCUT2D eigenvalue weighted by Gasteiger charge is -2.30. The van der Waals surface area contributed by atoms with E-state index in [9.17, 15) is 4.79 Å². The minimum Gasteiger partial charge on any atom is -0.336 e. The van der Waals surface area contributed by atoms with Crippen molar-refractivity contribution in [2.24, 2.45) is 5.73 Å². The Morgan fingerprint density at radius 3 is 2.12 bits per heavy atom. The van der Waals surface area contributed by atoms with E-state index in [1.54, 1.807) is 0 Å². The highest BCUT2D eigenvalue weighted by Gasteiger charge is 2.21. The van der Waals surface area contributed by atoms with Crippen molar-refractivity contribution in [2.45, 2.75) is 45.3 Å². The van der Waals surface area contributed by atoms with Crippen molar-refractivity contribution in [1.82, 2.24) is 4.90 Å². The maximum Gasteiger partial charge on any atom is 0.225 e. The first-order valence-electron chi connectivity index (χ1n) is 8.25. The monoisotopic (exact) mass is 346 g/mol. The Kier molecular flexibility index (Phi) is 8.51. The summed E-state index contributed by atoms with van der Waals surface area (Å²) < 4.78 is 0. The van der Waals surface area contributed by atoms with Crippen molar-refractivity contribution in [1.29, 1.82) is 0 Å². The van der Waals surface area contributed by atoms with Gasteiger partial charge in [-0.15, -0.1) is 12.4 Å². The normalized spacial score (nSPS) is 12.8. The van der Waals surface area contributed by atoms with Gasteiger partial charge in [-0.2, -0.15) is 0 Å². The van der Waals surface area contributed by atoms with Crippen molar-refractivity contribution in [3.05, 3.63) is 71.8 Å². The lowest BCUT2D eigenvalue weighted by Crippen LogP contribution is -2.39. The lowest BCUT2D eigenvalue weighted by molar-refractivity contribution is -0.134. The SMILES string of the molecule is CCC(C)N(Cc1ccccc1)C(=O)CC(N)c1ccccc1.Cl. The molecule has 0 bridgehead atoms. The second-order valence-electron chi connectivity index (χ2n) is 5.99. The molecule has 1 amide bonds. The highest BCUT2D eigenvalue weighted by Crippen LogP contribution is 2.18. The lowest BCUT2D eigenvalue weighted by atomic mass is 10.0. The molecule has 0 fully saturated rings. The van der Waals surface area contributed by atoms with E-state index in [4.69, 9.17) is 5.73 Å². The van der Waals surface area contributed by atoms with Gasteiger partial charge in [-0.05, 0) is 24.5 Å². The number of carbonyl (C=O) groups excluding carboxylic acids is 1. The summed E-state index contributed by atoms with van der Waals surface area (Å²) in [6.07, 6.45) is 1.26. The molecule has 4 heteroatoms. The summed E-state index contributed by atoms with van der Waals surface area (Å²) >= 11 is 0. The zero-order valence-electron chi connectivity index (χ0n) is 14.4. The molecule has 0 aliphatic heterocycles. The van der Waals surface area contributed by atoms with Crippen LogP contribution < -0.4 is 5.73 Å². The Morgan fingerprint density at radius 2 is 1.58 bits per heavy atom. The molecule has 2 unspecified atom stereocenters. The number of rotatable bonds is 7. The molecule has 0 radical (unpaired) electrons. The number of hydrogen-bond acceptors (Lipinski definition) is 2. The average Bonchev–Trinajstić information content (AvgIpc) is 2.60. The van der Waals surface area contributed by atoms with E-state index in [0.29, 0.717) is 13.0 Å². The van der Waals surface area contributed by atoms with Gasteiger partial charge in [0.2, 0.25) is 5.91 Å². The summed E-state index contributed by atoms with van der Waals surface area (Å²) in [5.74, 6) is 0.111. The molecule has 24 heavy (non-hydrogen) atoms. The van der Waals surface area contributed by atoms with Gasteiger partial charge in [-0.1, -0.05) is 67.6 Å². The van der Waals surface area contributed by atoms with E-state index < -0.39 is 0 Å². The summed E-state index contributed by atoms with van der Waals surface area (Å²) in [5, 5.41) is 0. The smallest absolute Gasteiger partial charge is 0.225 e. The van der Waals surface area contributed by atoms with Gasteiger partial charge < -0.3 is 10.6 Å². The Hall–Kier alpha value is -1.84. The summed E-state index contributed by atoms with van der Waals surface area (Å²) in [7, 11) is 0. The Bertz CT molecular complexity index is 604. The van der Waals surface area contributed by atoms with Gasteiger partial charge in [0.05, 0.1) is 0 Å². The topological polar surface area (TPSA) is 46.3 Å². The van der Waals surface area contributed by atoms with Gasteiger partial charge in [-0.25, -0.2) is 0 Å². The summed E-state index contributed by atoms with van der Waals surface area (Å²) in [4.78, 5) is 14.7. The molecule has 2 rings (SSSR count). The van der Waals surface area contributed by atoms with E-state index in [0.717, 1.165) is 17.5 Å². The van der Waals surface area contributed by atoms with Crippen LogP contribution in [0, 0.1) is 0 Å². The van der Waals surface area contributed by atoms with Crippen LogP contribution in [0.3, 0.4) is 0 Å². The largest absolute Gasteiger partial charge is 0.336 e. The van der Waals surface area contributed by atoms with E-state index in [2.05, 4.69) is 26.0 Å². The molecule has 0 spiro atoms. The van der Waals surface area contributed by atoms with E-state index in [1.807, 2.05) is 53.4 Å². The standard InChI is InChI=1S/C20H26N2O.ClH/c1-3-16(2)22(15-17-10-6-4-7-11-17)20(23)14-19(21)18-12-8-5-9-13-18;/h4-13,16,19H,3,14-15,21H2,1-2H3;1H. The third-order valence-electron chi connectivity index (χ3n) is 4.26. The fraction of sp³-hybridized carbons (Fsp3) is 0.350. The number of amides is 1. The minimum absolute atomic E-state index is 0. The quantitative estimate of drug-likeness (QED) is 0.811. The van der Waals surface area contributed by atoms with E-state index in [1.165, 1.54) is 0 Å². The fourth-order valence-electron chi connectivity index (χ4n) is 2.61. The van der Waals surface area contributed by atoms with Crippen LogP contribution in [0.5, 0.6) is 0 Å². The molecule has 0 heterocycles. The first-order valence-corrected chi connectivity index (χ1v) is 8.25. The van der Waals surface area contributed by atoms with Crippen LogP contribution in [0.1, 0.15) is 43.9 Å². The summed E-state index contributed by atoms with van der Waals surface area (Å²) in [6, 6.07) is 19.9. The maximum atomic E-state index is 12.8. The van der Waals surface area contributed by atoms with Crippen molar-refractivity contribution in [3.63, 3.8) is 0 Å². The van der Waals surface area contributed by atoms with Crippen LogP contribution in [0.4, 0.5) is 0 Å². The van der Waals surface area contributed by atoms with Crippen LogP contribution in [0.15, 0.2) is 60.7 Å². The fourth-order valence-corrected chi connectivity index (χ4v) is 2.61. The second-order valence-corrected chi connectivity index (χ2v) is 5.99. The first-order chi connectivity index (χ1) is 11.1. The molecule has 2 atom stereocenters. The van der Waals surface area contributed by atoms with Crippen molar-refractivity contribution in [2.75, 3.05) is 0 Å². The van der Waals surface area contributed by atoms with Crippen LogP contribution in [-0.4, -0.2) is 16.8 Å². The molecule has 3 nitrogen and oxygen atoms in total. The number of benzene rings is 2.